The van der Waals surface area contributed by atoms with Crippen molar-refractivity contribution in [3.63, 3.8) is 0 Å². The molecular weight excluding hydrogens is 180 g/mol. The summed E-state index contributed by atoms with van der Waals surface area (Å²) in [5.41, 5.74) is 5.13. The van der Waals surface area contributed by atoms with Crippen molar-refractivity contribution in [1.29, 1.82) is 0 Å². The highest BCUT2D eigenvalue weighted by atomic mass is 16.5. The van der Waals surface area contributed by atoms with E-state index in [1.807, 2.05) is 0 Å². The van der Waals surface area contributed by atoms with Crippen molar-refractivity contribution in [1.82, 2.24) is 4.90 Å². The van der Waals surface area contributed by atoms with Gasteiger partial charge in [0.1, 0.15) is 0 Å². The van der Waals surface area contributed by atoms with E-state index in [1.165, 1.54) is 0 Å². The highest BCUT2D eigenvalue weighted by Crippen LogP contribution is 1.81. The maximum atomic E-state index is 5.13. The van der Waals surface area contributed by atoms with Gasteiger partial charge < -0.3 is 20.1 Å². The van der Waals surface area contributed by atoms with E-state index in [0.717, 1.165) is 39.1 Å². The Morgan fingerprint density at radius 2 is 1.50 bits per heavy atom. The van der Waals surface area contributed by atoms with Gasteiger partial charge in [-0.2, -0.15) is 0 Å². The average Bonchev–Trinajstić information content (AvgIpc) is 2.16. The Hall–Kier alpha value is -0.160. The molecule has 2 N–H and O–H groups in total. The Morgan fingerprint density at radius 3 is 1.79 bits per heavy atom. The smallest absolute Gasteiger partial charge is 0.0474 e. The molecule has 0 aliphatic carbocycles. The molecule has 14 heavy (non-hydrogen) atoms. The number of hydrogen-bond acceptors (Lipinski definition) is 4. The Bertz CT molecular complexity index is 86.2. The van der Waals surface area contributed by atoms with Crippen LogP contribution in [0.2, 0.25) is 0 Å². The summed E-state index contributed by atoms with van der Waals surface area (Å²) in [5, 5.41) is 0. The van der Waals surface area contributed by atoms with E-state index in [4.69, 9.17) is 15.2 Å². The summed E-state index contributed by atoms with van der Waals surface area (Å²) in [4.78, 5) is 2.15. The van der Waals surface area contributed by atoms with Gasteiger partial charge in [-0.3, -0.25) is 0 Å². The molecule has 0 aliphatic heterocycles. The monoisotopic (exact) mass is 206 g/mol. The number of nitrogens with zero attached hydrogens (tertiary/aromatic N) is 1. The molecule has 0 radical (unpaired) electrons. The molecule has 0 aromatic rings. The van der Waals surface area contributed by atoms with E-state index in [1.54, 1.807) is 14.2 Å². The number of nitrogens with two attached hydrogens (primary N) is 1. The van der Waals surface area contributed by atoms with Crippen LogP contribution in [-0.2, 0) is 9.47 Å². The van der Waals surface area contributed by atoms with Crippen LogP contribution in [0, 0.1) is 0 Å². The standard InChI is InChI=1S/C6H15NO.C4H11NO/c1-7(2)5-4-6-8-3;1-6-4-2-3-5/h4-6H2,1-3H3;2-5H2,1H3. The lowest BCUT2D eigenvalue weighted by molar-refractivity contribution is 0.184. The summed E-state index contributed by atoms with van der Waals surface area (Å²) < 4.78 is 9.57. The zero-order valence-corrected chi connectivity index (χ0v) is 10.1. The van der Waals surface area contributed by atoms with Gasteiger partial charge >= 0.3 is 0 Å². The molecule has 0 rings (SSSR count). The highest BCUT2D eigenvalue weighted by Gasteiger charge is 1.86. The molecule has 0 bridgehead atoms. The third-order valence-corrected chi connectivity index (χ3v) is 1.51. The highest BCUT2D eigenvalue weighted by molar-refractivity contribution is 4.40. The lowest BCUT2D eigenvalue weighted by atomic mass is 10.4. The quantitative estimate of drug-likeness (QED) is 0.619. The zero-order chi connectivity index (χ0) is 11.2. The molecule has 0 amide bonds. The maximum Gasteiger partial charge on any atom is 0.0474 e. The van der Waals surface area contributed by atoms with E-state index < -0.39 is 0 Å². The van der Waals surface area contributed by atoms with E-state index in [-0.39, 0.29) is 0 Å². The van der Waals surface area contributed by atoms with E-state index >= 15 is 0 Å². The third-order valence-electron chi connectivity index (χ3n) is 1.51. The molecule has 0 heterocycles. The van der Waals surface area contributed by atoms with Crippen LogP contribution in [0.25, 0.3) is 0 Å². The van der Waals surface area contributed by atoms with Crippen LogP contribution in [0.4, 0.5) is 0 Å². The molecule has 0 aromatic carbocycles. The number of methoxy groups -OCH3 is 2. The van der Waals surface area contributed by atoms with Crippen LogP contribution < -0.4 is 5.73 Å². The van der Waals surface area contributed by atoms with E-state index in [0.29, 0.717) is 0 Å². The second-order valence-corrected chi connectivity index (χ2v) is 3.28. The van der Waals surface area contributed by atoms with Crippen molar-refractivity contribution >= 4 is 0 Å². The molecular formula is C10H26N2O2. The van der Waals surface area contributed by atoms with Crippen LogP contribution in [0.1, 0.15) is 12.8 Å². The number of hydrogen-bond donors (Lipinski definition) is 1. The van der Waals surface area contributed by atoms with Gasteiger partial charge in [-0.25, -0.2) is 0 Å². The third kappa shape index (κ3) is 22.6. The van der Waals surface area contributed by atoms with Gasteiger partial charge in [0, 0.05) is 27.4 Å². The van der Waals surface area contributed by atoms with Crippen molar-refractivity contribution in [3.05, 3.63) is 0 Å². The zero-order valence-electron chi connectivity index (χ0n) is 10.1. The fraction of sp³-hybridized carbons (Fsp3) is 1.00. The molecule has 0 unspecified atom stereocenters. The molecule has 0 fully saturated rings. The molecule has 4 nitrogen and oxygen atoms in total. The van der Waals surface area contributed by atoms with Crippen molar-refractivity contribution in [2.75, 3.05) is 54.6 Å². The topological polar surface area (TPSA) is 47.7 Å². The molecule has 0 saturated carbocycles. The molecule has 88 valence electrons. The summed E-state index contributed by atoms with van der Waals surface area (Å²) in [5.74, 6) is 0. The molecule has 4 heteroatoms. The summed E-state index contributed by atoms with van der Waals surface area (Å²) in [7, 11) is 7.54. The summed E-state index contributed by atoms with van der Waals surface area (Å²) in [6, 6.07) is 0. The van der Waals surface area contributed by atoms with E-state index in [9.17, 15) is 0 Å². The maximum absolute atomic E-state index is 5.13. The summed E-state index contributed by atoms with van der Waals surface area (Å²) in [6.07, 6.45) is 2.10. The van der Waals surface area contributed by atoms with E-state index in [2.05, 4.69) is 19.0 Å². The molecule has 0 aliphatic rings. The first-order valence-corrected chi connectivity index (χ1v) is 5.01. The van der Waals surface area contributed by atoms with Crippen molar-refractivity contribution in [3.8, 4) is 0 Å². The van der Waals surface area contributed by atoms with Crippen LogP contribution in [0.3, 0.4) is 0 Å². The van der Waals surface area contributed by atoms with Crippen molar-refractivity contribution in [2.24, 2.45) is 5.73 Å². The van der Waals surface area contributed by atoms with Crippen molar-refractivity contribution in [2.45, 2.75) is 12.8 Å². The van der Waals surface area contributed by atoms with Crippen LogP contribution >= 0.6 is 0 Å². The van der Waals surface area contributed by atoms with Gasteiger partial charge in [0.05, 0.1) is 0 Å². The normalized spacial score (nSPS) is 9.86. The molecule has 0 aromatic heterocycles. The lowest BCUT2D eigenvalue weighted by Crippen LogP contribution is -2.14. The van der Waals surface area contributed by atoms with Gasteiger partial charge in [0.2, 0.25) is 0 Å². The average molecular weight is 206 g/mol. The Kier molecular flexibility index (Phi) is 17.8. The minimum Gasteiger partial charge on any atom is -0.385 e. The van der Waals surface area contributed by atoms with Gasteiger partial charge in [-0.15, -0.1) is 0 Å². The summed E-state index contributed by atoms with van der Waals surface area (Å²) >= 11 is 0. The number of rotatable bonds is 7. The minimum atomic E-state index is 0.730. The van der Waals surface area contributed by atoms with Crippen LogP contribution in [-0.4, -0.2) is 59.5 Å². The largest absolute Gasteiger partial charge is 0.385 e. The Labute approximate surface area is 88.4 Å². The fourth-order valence-electron chi connectivity index (χ4n) is 0.753. The van der Waals surface area contributed by atoms with Gasteiger partial charge in [0.15, 0.2) is 0 Å². The Balaban J connectivity index is 0. The molecule has 0 spiro atoms. The fourth-order valence-corrected chi connectivity index (χ4v) is 0.753. The first-order valence-electron chi connectivity index (χ1n) is 5.01. The van der Waals surface area contributed by atoms with Gasteiger partial charge in [-0.05, 0) is 40.0 Å². The number of ether oxygens (including phenoxy) is 2. The van der Waals surface area contributed by atoms with Crippen molar-refractivity contribution < 1.29 is 9.47 Å². The lowest BCUT2D eigenvalue weighted by Gasteiger charge is -2.07. The summed E-state index contributed by atoms with van der Waals surface area (Å²) in [6.45, 7) is 3.51. The Morgan fingerprint density at radius 1 is 1.00 bits per heavy atom. The second kappa shape index (κ2) is 15.3. The SMILES string of the molecule is COCCCN.COCCCN(C)C. The molecule has 0 saturated heterocycles. The first kappa shape index (κ1) is 16.3. The van der Waals surface area contributed by atoms with Gasteiger partial charge in [-0.1, -0.05) is 0 Å². The predicted molar refractivity (Wildman–Crippen MR) is 60.6 cm³/mol. The predicted octanol–water partition coefficient (Wildman–Crippen LogP) is 0.566. The van der Waals surface area contributed by atoms with Gasteiger partial charge in [0.25, 0.3) is 0 Å². The molecule has 0 atom stereocenters. The second-order valence-electron chi connectivity index (χ2n) is 3.28. The van der Waals surface area contributed by atoms with Crippen LogP contribution in [0.5, 0.6) is 0 Å². The van der Waals surface area contributed by atoms with Crippen LogP contribution in [0.15, 0.2) is 0 Å². The minimum absolute atomic E-state index is 0.730. The first-order chi connectivity index (χ1) is 6.68.